The van der Waals surface area contributed by atoms with Gasteiger partial charge in [-0.1, -0.05) is 25.0 Å². The van der Waals surface area contributed by atoms with Crippen molar-refractivity contribution in [2.24, 2.45) is 7.05 Å². The van der Waals surface area contributed by atoms with E-state index in [0.717, 1.165) is 32.1 Å². The summed E-state index contributed by atoms with van der Waals surface area (Å²) in [4.78, 5) is 22.6. The maximum Gasteiger partial charge on any atom is 0.262 e. The zero-order chi connectivity index (χ0) is 21.8. The predicted octanol–water partition coefficient (Wildman–Crippen LogP) is 3.08. The number of aromatic nitrogens is 4. The first kappa shape index (κ1) is 20.4. The molecule has 1 atom stereocenters. The van der Waals surface area contributed by atoms with Gasteiger partial charge in [-0.15, -0.1) is 0 Å². The summed E-state index contributed by atoms with van der Waals surface area (Å²) in [6.07, 6.45) is 6.91. The summed E-state index contributed by atoms with van der Waals surface area (Å²) in [7, 11) is -2.01. The average molecular weight is 442 g/mol. The van der Waals surface area contributed by atoms with Gasteiger partial charge < -0.3 is 4.57 Å². The summed E-state index contributed by atoms with van der Waals surface area (Å²) >= 11 is 0. The van der Waals surface area contributed by atoms with E-state index in [-0.39, 0.29) is 16.6 Å². The molecule has 5 rings (SSSR count). The van der Waals surface area contributed by atoms with Gasteiger partial charge in [-0.25, -0.2) is 18.4 Å². The van der Waals surface area contributed by atoms with Gasteiger partial charge in [0.25, 0.3) is 15.6 Å². The van der Waals surface area contributed by atoms with Crippen LogP contribution < -0.4 is 5.56 Å². The van der Waals surface area contributed by atoms with Crippen LogP contribution in [0.5, 0.6) is 0 Å². The number of sulfonamides is 1. The van der Waals surface area contributed by atoms with Crippen molar-refractivity contribution in [1.82, 2.24) is 23.4 Å². The van der Waals surface area contributed by atoms with Gasteiger partial charge in [-0.05, 0) is 44.7 Å². The van der Waals surface area contributed by atoms with Crippen LogP contribution >= 0.6 is 0 Å². The maximum atomic E-state index is 13.5. The highest BCUT2D eigenvalue weighted by Gasteiger charge is 2.41. The molecule has 2 aromatic heterocycles. The van der Waals surface area contributed by atoms with Gasteiger partial charge in [0.2, 0.25) is 0 Å². The molecule has 3 heterocycles. The van der Waals surface area contributed by atoms with Crippen LogP contribution in [-0.4, -0.2) is 38.4 Å². The van der Waals surface area contributed by atoms with Gasteiger partial charge in [0.05, 0.1) is 16.9 Å². The van der Waals surface area contributed by atoms with E-state index in [1.165, 1.54) is 4.31 Å². The Labute approximate surface area is 181 Å². The summed E-state index contributed by atoms with van der Waals surface area (Å²) in [6.45, 7) is 2.18. The minimum Gasteiger partial charge on any atom is -0.337 e. The molecule has 0 radical (unpaired) electrons. The second-order valence-corrected chi connectivity index (χ2v) is 10.4. The Kier molecular flexibility index (Phi) is 4.97. The van der Waals surface area contributed by atoms with E-state index in [2.05, 4.69) is 4.98 Å². The molecule has 164 valence electrons. The SMILES string of the molecule is Cc1nc(S(=O)(=O)N2CCCC2c2nc3ccccc3c(=O)n2C2CCCC2)cn1C. The molecule has 1 aliphatic carbocycles. The highest BCUT2D eigenvalue weighted by Crippen LogP contribution is 2.38. The van der Waals surface area contributed by atoms with Crippen molar-refractivity contribution in [2.75, 3.05) is 6.54 Å². The van der Waals surface area contributed by atoms with Crippen molar-refractivity contribution in [3.05, 3.63) is 52.5 Å². The van der Waals surface area contributed by atoms with E-state index in [9.17, 15) is 13.2 Å². The van der Waals surface area contributed by atoms with Crippen LogP contribution in [0.3, 0.4) is 0 Å². The molecule has 1 saturated carbocycles. The van der Waals surface area contributed by atoms with Gasteiger partial charge in [-0.3, -0.25) is 9.36 Å². The molecule has 9 heteroatoms. The van der Waals surface area contributed by atoms with Crippen LogP contribution in [0, 0.1) is 6.92 Å². The summed E-state index contributed by atoms with van der Waals surface area (Å²) in [5.74, 6) is 1.21. The topological polar surface area (TPSA) is 90.1 Å². The van der Waals surface area contributed by atoms with Crippen molar-refractivity contribution < 1.29 is 8.42 Å². The summed E-state index contributed by atoms with van der Waals surface area (Å²) < 4.78 is 32.0. The summed E-state index contributed by atoms with van der Waals surface area (Å²) in [6, 6.07) is 6.94. The molecule has 0 N–H and O–H groups in total. The molecule has 1 unspecified atom stereocenters. The van der Waals surface area contributed by atoms with Gasteiger partial charge in [0.15, 0.2) is 5.03 Å². The molecular formula is C22H27N5O3S. The summed E-state index contributed by atoms with van der Waals surface area (Å²) in [5.41, 5.74) is 0.556. The van der Waals surface area contributed by atoms with Crippen LogP contribution in [0.1, 0.15) is 62.3 Å². The highest BCUT2D eigenvalue weighted by atomic mass is 32.2. The molecule has 31 heavy (non-hydrogen) atoms. The van der Waals surface area contributed by atoms with E-state index >= 15 is 0 Å². The fraction of sp³-hybridized carbons (Fsp3) is 0.500. The monoisotopic (exact) mass is 441 g/mol. The van der Waals surface area contributed by atoms with Crippen molar-refractivity contribution in [1.29, 1.82) is 0 Å². The Hall–Kier alpha value is -2.52. The maximum absolute atomic E-state index is 13.5. The van der Waals surface area contributed by atoms with Crippen LogP contribution in [0.25, 0.3) is 10.9 Å². The van der Waals surface area contributed by atoms with E-state index in [1.807, 2.05) is 18.2 Å². The third-order valence-corrected chi connectivity index (χ3v) is 8.47. The van der Waals surface area contributed by atoms with E-state index in [4.69, 9.17) is 4.98 Å². The lowest BCUT2D eigenvalue weighted by molar-refractivity contribution is 0.351. The molecule has 2 aliphatic rings. The minimum absolute atomic E-state index is 0.0509. The Morgan fingerprint density at radius 3 is 2.48 bits per heavy atom. The fourth-order valence-corrected chi connectivity index (χ4v) is 6.65. The highest BCUT2D eigenvalue weighted by molar-refractivity contribution is 7.89. The van der Waals surface area contributed by atoms with Crippen molar-refractivity contribution in [3.63, 3.8) is 0 Å². The number of rotatable bonds is 4. The molecule has 1 aliphatic heterocycles. The lowest BCUT2D eigenvalue weighted by atomic mass is 10.1. The Morgan fingerprint density at radius 2 is 1.77 bits per heavy atom. The smallest absolute Gasteiger partial charge is 0.262 e. The zero-order valence-electron chi connectivity index (χ0n) is 17.9. The lowest BCUT2D eigenvalue weighted by Crippen LogP contribution is -2.36. The fourth-order valence-electron chi connectivity index (χ4n) is 4.97. The normalized spacial score (nSPS) is 20.8. The number of aryl methyl sites for hydroxylation is 2. The minimum atomic E-state index is -3.80. The molecule has 8 nitrogen and oxygen atoms in total. The molecule has 1 saturated heterocycles. The Bertz CT molecular complexity index is 1280. The van der Waals surface area contributed by atoms with Gasteiger partial charge in [0.1, 0.15) is 11.6 Å². The van der Waals surface area contributed by atoms with E-state index in [0.29, 0.717) is 35.5 Å². The van der Waals surface area contributed by atoms with Gasteiger partial charge in [0, 0.05) is 25.8 Å². The number of benzene rings is 1. The first-order chi connectivity index (χ1) is 14.9. The number of para-hydroxylation sites is 1. The van der Waals surface area contributed by atoms with Crippen molar-refractivity contribution in [3.8, 4) is 0 Å². The molecule has 0 spiro atoms. The number of hydrogen-bond donors (Lipinski definition) is 0. The van der Waals surface area contributed by atoms with Crippen molar-refractivity contribution >= 4 is 20.9 Å². The largest absolute Gasteiger partial charge is 0.337 e. The number of hydrogen-bond acceptors (Lipinski definition) is 5. The quantitative estimate of drug-likeness (QED) is 0.621. The first-order valence-electron chi connectivity index (χ1n) is 10.9. The first-order valence-corrected chi connectivity index (χ1v) is 12.3. The molecule has 0 bridgehead atoms. The van der Waals surface area contributed by atoms with Crippen LogP contribution in [0.4, 0.5) is 0 Å². The van der Waals surface area contributed by atoms with Crippen molar-refractivity contribution in [2.45, 2.75) is 62.6 Å². The Balaban J connectivity index is 1.67. The van der Waals surface area contributed by atoms with E-state index in [1.54, 1.807) is 35.4 Å². The zero-order valence-corrected chi connectivity index (χ0v) is 18.7. The standard InChI is InChI=1S/C22H27N5O3S/c1-15-23-20(14-25(15)2)31(29,30)26-13-7-12-19(26)21-24-18-11-6-5-10-17(18)22(28)27(21)16-8-3-4-9-16/h5-6,10-11,14,16,19H,3-4,7-9,12-13H2,1-2H3. The number of nitrogens with zero attached hydrogens (tertiary/aromatic N) is 5. The molecule has 2 fully saturated rings. The average Bonchev–Trinajstić information content (AvgIpc) is 3.50. The number of imidazole rings is 1. The molecule has 1 aromatic carbocycles. The lowest BCUT2D eigenvalue weighted by Gasteiger charge is -2.27. The summed E-state index contributed by atoms with van der Waals surface area (Å²) in [5, 5.41) is 0.640. The molecule has 3 aromatic rings. The van der Waals surface area contributed by atoms with Crippen LogP contribution in [0.2, 0.25) is 0 Å². The third-order valence-electron chi connectivity index (χ3n) is 6.69. The van der Waals surface area contributed by atoms with Crippen LogP contribution in [-0.2, 0) is 17.1 Å². The van der Waals surface area contributed by atoms with E-state index < -0.39 is 16.1 Å². The van der Waals surface area contributed by atoms with Gasteiger partial charge in [-0.2, -0.15) is 4.31 Å². The predicted molar refractivity (Wildman–Crippen MR) is 117 cm³/mol. The third kappa shape index (κ3) is 3.30. The molecule has 0 amide bonds. The Morgan fingerprint density at radius 1 is 1.03 bits per heavy atom. The molecular weight excluding hydrogens is 414 g/mol. The van der Waals surface area contributed by atoms with Crippen LogP contribution in [0.15, 0.2) is 40.3 Å². The second-order valence-electron chi connectivity index (χ2n) is 8.61. The van der Waals surface area contributed by atoms with Gasteiger partial charge >= 0.3 is 0 Å². The number of fused-ring (bicyclic) bond motifs is 1. The second kappa shape index (κ2) is 7.56.